The summed E-state index contributed by atoms with van der Waals surface area (Å²) in [5, 5.41) is 12.1. The highest BCUT2D eigenvalue weighted by molar-refractivity contribution is 6.31. The van der Waals surface area contributed by atoms with Gasteiger partial charge >= 0.3 is 0 Å². The topological polar surface area (TPSA) is 49.6 Å². The summed E-state index contributed by atoms with van der Waals surface area (Å²) in [6.45, 7) is 4.38. The molecule has 0 spiro atoms. The largest absolute Gasteiger partial charge is 0.372 e. The summed E-state index contributed by atoms with van der Waals surface area (Å²) in [4.78, 5) is 16.1. The number of rotatable bonds is 6. The van der Waals surface area contributed by atoms with Gasteiger partial charge in [0.1, 0.15) is 0 Å². The van der Waals surface area contributed by atoms with Crippen LogP contribution in [0.25, 0.3) is 0 Å². The van der Waals surface area contributed by atoms with Crippen LogP contribution in [0.3, 0.4) is 0 Å². The number of hydrogen-bond donors (Lipinski definition) is 0. The normalized spacial score (nSPS) is 16.5. The van der Waals surface area contributed by atoms with Gasteiger partial charge in [0.2, 0.25) is 0 Å². The van der Waals surface area contributed by atoms with Crippen molar-refractivity contribution in [3.63, 3.8) is 0 Å². The van der Waals surface area contributed by atoms with Crippen molar-refractivity contribution in [3.05, 3.63) is 98.6 Å². The quantitative estimate of drug-likeness (QED) is 0.205. The van der Waals surface area contributed by atoms with Crippen molar-refractivity contribution in [3.8, 4) is 0 Å². The monoisotopic (exact) mass is 489 g/mol. The van der Waals surface area contributed by atoms with Crippen molar-refractivity contribution >= 4 is 28.7 Å². The minimum Gasteiger partial charge on any atom is -0.372 e. The van der Waals surface area contributed by atoms with E-state index >= 15 is 0 Å². The van der Waals surface area contributed by atoms with Gasteiger partial charge in [-0.25, -0.2) is 0 Å². The van der Waals surface area contributed by atoms with E-state index < -0.39 is 0 Å². The van der Waals surface area contributed by atoms with E-state index in [9.17, 15) is 10.1 Å². The first-order valence-corrected chi connectivity index (χ1v) is 13.1. The number of benzene rings is 3. The zero-order chi connectivity index (χ0) is 24.2. The van der Waals surface area contributed by atoms with Crippen LogP contribution in [0.15, 0.2) is 66.7 Å². The zero-order valence-electron chi connectivity index (χ0n) is 20.0. The second-order valence-corrected chi connectivity index (χ2v) is 10.1. The van der Waals surface area contributed by atoms with Crippen LogP contribution in [0.2, 0.25) is 5.02 Å². The van der Waals surface area contributed by atoms with E-state index in [4.69, 9.17) is 11.6 Å². The van der Waals surface area contributed by atoms with Crippen LogP contribution < -0.4 is 9.80 Å². The van der Waals surface area contributed by atoms with Crippen molar-refractivity contribution in [2.75, 3.05) is 36.0 Å². The van der Waals surface area contributed by atoms with Gasteiger partial charge < -0.3 is 9.80 Å². The average molecular weight is 490 g/mol. The average Bonchev–Trinajstić information content (AvgIpc) is 2.91. The molecule has 0 aromatic heterocycles. The molecule has 0 atom stereocenters. The second-order valence-electron chi connectivity index (χ2n) is 9.67. The maximum absolute atomic E-state index is 11.6. The van der Waals surface area contributed by atoms with Crippen LogP contribution in [0.4, 0.5) is 17.1 Å². The fourth-order valence-corrected chi connectivity index (χ4v) is 5.70. The van der Waals surface area contributed by atoms with E-state index in [0.29, 0.717) is 5.02 Å². The van der Waals surface area contributed by atoms with Gasteiger partial charge in [-0.2, -0.15) is 0 Å². The Morgan fingerprint density at radius 1 is 0.686 bits per heavy atom. The summed E-state index contributed by atoms with van der Waals surface area (Å²) in [5.41, 5.74) is 5.45. The molecule has 3 aromatic rings. The fourth-order valence-electron chi connectivity index (χ4n) is 5.48. The molecule has 35 heavy (non-hydrogen) atoms. The van der Waals surface area contributed by atoms with Gasteiger partial charge in [-0.1, -0.05) is 35.9 Å². The summed E-state index contributed by atoms with van der Waals surface area (Å²) in [7, 11) is 0. The molecule has 5 rings (SSSR count). The number of hydrogen-bond acceptors (Lipinski definition) is 4. The molecule has 0 aliphatic carbocycles. The maximum Gasteiger partial charge on any atom is 0.269 e. The Hall–Kier alpha value is -3.05. The Morgan fingerprint density at radius 2 is 1.14 bits per heavy atom. The predicted octanol–water partition coefficient (Wildman–Crippen LogP) is 7.41. The fraction of sp³-hybridized carbons (Fsp3) is 0.379. The number of nitro groups is 1. The van der Waals surface area contributed by atoms with Crippen molar-refractivity contribution in [1.29, 1.82) is 0 Å². The van der Waals surface area contributed by atoms with E-state index in [1.54, 1.807) is 12.1 Å². The summed E-state index contributed by atoms with van der Waals surface area (Å²) >= 11 is 6.66. The number of non-ortho nitro benzene ring substituents is 1. The van der Waals surface area contributed by atoms with Gasteiger partial charge in [0.15, 0.2) is 0 Å². The third-order valence-corrected chi connectivity index (χ3v) is 7.74. The summed E-state index contributed by atoms with van der Waals surface area (Å²) in [5.74, 6) is -0.187. The van der Waals surface area contributed by atoms with Crippen LogP contribution in [-0.4, -0.2) is 31.1 Å². The number of piperidine rings is 2. The number of halogens is 1. The molecule has 2 saturated heterocycles. The molecule has 0 unspecified atom stereocenters. The molecule has 0 saturated carbocycles. The lowest BCUT2D eigenvalue weighted by atomic mass is 9.84. The van der Waals surface area contributed by atoms with Gasteiger partial charge in [0.25, 0.3) is 5.69 Å². The maximum atomic E-state index is 11.6. The Morgan fingerprint density at radius 3 is 1.57 bits per heavy atom. The lowest BCUT2D eigenvalue weighted by molar-refractivity contribution is -0.384. The number of anilines is 2. The lowest BCUT2D eigenvalue weighted by Crippen LogP contribution is -2.29. The molecule has 3 aromatic carbocycles. The number of nitro benzene ring substituents is 1. The SMILES string of the molecule is O=[N+]([O-])c1ccc(Cl)c(C(c2ccc(N3CCCCC3)cc2)c2ccc(N3CCCCC3)cc2)c1. The Kier molecular flexibility index (Phi) is 7.24. The minimum absolute atomic E-state index is 0.0595. The highest BCUT2D eigenvalue weighted by Crippen LogP contribution is 2.39. The molecule has 5 nitrogen and oxygen atoms in total. The molecular formula is C29H32ClN3O2. The molecular weight excluding hydrogens is 458 g/mol. The molecule has 0 amide bonds. The van der Waals surface area contributed by atoms with Gasteiger partial charge in [-0.05, 0) is 85.5 Å². The Labute approximate surface area is 212 Å². The highest BCUT2D eigenvalue weighted by Gasteiger charge is 2.23. The van der Waals surface area contributed by atoms with E-state index in [0.717, 1.165) is 42.9 Å². The molecule has 0 N–H and O–H groups in total. The smallest absolute Gasteiger partial charge is 0.269 e. The molecule has 182 valence electrons. The Bertz CT molecular complexity index is 1090. The van der Waals surface area contributed by atoms with Gasteiger partial charge in [0, 0.05) is 60.6 Å². The van der Waals surface area contributed by atoms with Crippen molar-refractivity contribution in [1.82, 2.24) is 0 Å². The van der Waals surface area contributed by atoms with Crippen molar-refractivity contribution in [2.24, 2.45) is 0 Å². The third kappa shape index (κ3) is 5.30. The first kappa shape index (κ1) is 23.7. The van der Waals surface area contributed by atoms with Crippen molar-refractivity contribution < 1.29 is 4.92 Å². The highest BCUT2D eigenvalue weighted by atomic mass is 35.5. The molecule has 0 bridgehead atoms. The molecule has 0 radical (unpaired) electrons. The standard InChI is InChI=1S/C29H32ClN3O2/c30-28-16-15-26(33(34)35)21-27(28)29(22-7-11-24(12-8-22)31-17-3-1-4-18-31)23-9-13-25(14-10-23)32-19-5-2-6-20-32/h7-16,21,29H,1-6,17-20H2. The van der Waals surface area contributed by atoms with Crippen LogP contribution in [0.5, 0.6) is 0 Å². The molecule has 2 fully saturated rings. The van der Waals surface area contributed by atoms with Crippen LogP contribution in [0.1, 0.15) is 61.1 Å². The minimum atomic E-state index is -0.351. The summed E-state index contributed by atoms with van der Waals surface area (Å²) in [6.07, 6.45) is 7.53. The second kappa shape index (κ2) is 10.7. The van der Waals surface area contributed by atoms with Crippen molar-refractivity contribution in [2.45, 2.75) is 44.4 Å². The molecule has 6 heteroatoms. The lowest BCUT2D eigenvalue weighted by Gasteiger charge is -2.30. The third-order valence-electron chi connectivity index (χ3n) is 7.40. The van der Waals surface area contributed by atoms with Gasteiger partial charge in [0.05, 0.1) is 4.92 Å². The first-order chi connectivity index (χ1) is 17.1. The molecule has 2 aliphatic heterocycles. The number of nitrogens with zero attached hydrogens (tertiary/aromatic N) is 3. The summed E-state index contributed by atoms with van der Waals surface area (Å²) < 4.78 is 0. The van der Waals surface area contributed by atoms with Crippen LogP contribution >= 0.6 is 11.6 Å². The van der Waals surface area contributed by atoms with E-state index in [2.05, 4.69) is 58.3 Å². The van der Waals surface area contributed by atoms with Crippen LogP contribution in [0, 0.1) is 10.1 Å². The molecule has 2 aliphatic rings. The van der Waals surface area contributed by atoms with Gasteiger partial charge in [-0.3, -0.25) is 10.1 Å². The van der Waals surface area contributed by atoms with Gasteiger partial charge in [-0.15, -0.1) is 0 Å². The van der Waals surface area contributed by atoms with Crippen LogP contribution in [-0.2, 0) is 0 Å². The molecule has 2 heterocycles. The zero-order valence-corrected chi connectivity index (χ0v) is 20.8. The summed E-state index contributed by atoms with van der Waals surface area (Å²) in [6, 6.07) is 22.1. The predicted molar refractivity (Wildman–Crippen MR) is 144 cm³/mol. The first-order valence-electron chi connectivity index (χ1n) is 12.7. The van der Waals surface area contributed by atoms with E-state index in [1.807, 2.05) is 0 Å². The Balaban J connectivity index is 1.52. The van der Waals surface area contributed by atoms with E-state index in [-0.39, 0.29) is 16.5 Å². The van der Waals surface area contributed by atoms with E-state index in [1.165, 1.54) is 56.0 Å².